The largest absolute Gasteiger partial charge is 0.496 e. The summed E-state index contributed by atoms with van der Waals surface area (Å²) in [5.41, 5.74) is 2.46. The van der Waals surface area contributed by atoms with Gasteiger partial charge in [0.1, 0.15) is 5.75 Å². The predicted octanol–water partition coefficient (Wildman–Crippen LogP) is 5.27. The van der Waals surface area contributed by atoms with Crippen molar-refractivity contribution in [3.63, 3.8) is 0 Å². The maximum Gasteiger partial charge on any atom is 0.250 e. The standard InChI is InChI=1S/C23H24N2O4S/c1-15(2)29-20-11-9-16(13-21(20)28-4)10-12-22(26)25-23-24-18(14-30-23)17-7-5-6-8-19(17)27-3/h5-15H,1-4H3,(H,24,25,26)/b12-10+. The number of ether oxygens (including phenoxy) is 3. The first-order valence-corrected chi connectivity index (χ1v) is 10.3. The molecule has 2 aromatic carbocycles. The van der Waals surface area contributed by atoms with Gasteiger partial charge in [0.05, 0.1) is 26.0 Å². The molecule has 6 nitrogen and oxygen atoms in total. The molecule has 1 amide bonds. The quantitative estimate of drug-likeness (QED) is 0.499. The summed E-state index contributed by atoms with van der Waals surface area (Å²) in [7, 11) is 3.21. The second-order valence-corrected chi connectivity index (χ2v) is 7.50. The number of amides is 1. The number of nitrogens with one attached hydrogen (secondary N) is 1. The highest BCUT2D eigenvalue weighted by Crippen LogP contribution is 2.32. The first-order valence-electron chi connectivity index (χ1n) is 9.43. The third kappa shape index (κ3) is 5.39. The van der Waals surface area contributed by atoms with Gasteiger partial charge in [-0.15, -0.1) is 11.3 Å². The Morgan fingerprint density at radius 3 is 2.57 bits per heavy atom. The lowest BCUT2D eigenvalue weighted by Crippen LogP contribution is -2.07. The van der Waals surface area contributed by atoms with Crippen molar-refractivity contribution in [2.75, 3.05) is 19.5 Å². The number of anilines is 1. The smallest absolute Gasteiger partial charge is 0.250 e. The molecule has 0 unspecified atom stereocenters. The Morgan fingerprint density at radius 1 is 1.07 bits per heavy atom. The molecule has 1 aromatic heterocycles. The van der Waals surface area contributed by atoms with Crippen LogP contribution in [0.3, 0.4) is 0 Å². The number of hydrogen-bond donors (Lipinski definition) is 1. The number of thiazole rings is 1. The molecule has 7 heteroatoms. The Balaban J connectivity index is 1.67. The number of methoxy groups -OCH3 is 2. The molecular formula is C23H24N2O4S. The predicted molar refractivity (Wildman–Crippen MR) is 121 cm³/mol. The van der Waals surface area contributed by atoms with Gasteiger partial charge in [0.15, 0.2) is 16.6 Å². The van der Waals surface area contributed by atoms with E-state index in [4.69, 9.17) is 14.2 Å². The first kappa shape index (κ1) is 21.4. The van der Waals surface area contributed by atoms with Crippen LogP contribution in [0.25, 0.3) is 17.3 Å². The first-order chi connectivity index (χ1) is 14.5. The minimum Gasteiger partial charge on any atom is -0.496 e. The Kier molecular flexibility index (Phi) is 7.08. The number of hydrogen-bond acceptors (Lipinski definition) is 6. The molecule has 1 heterocycles. The summed E-state index contributed by atoms with van der Waals surface area (Å²) >= 11 is 1.36. The van der Waals surface area contributed by atoms with Crippen molar-refractivity contribution in [1.82, 2.24) is 4.98 Å². The van der Waals surface area contributed by atoms with Crippen molar-refractivity contribution >= 4 is 28.5 Å². The average Bonchev–Trinajstić information content (AvgIpc) is 3.20. The highest BCUT2D eigenvalue weighted by molar-refractivity contribution is 7.14. The van der Waals surface area contributed by atoms with E-state index in [1.54, 1.807) is 20.3 Å². The van der Waals surface area contributed by atoms with Gasteiger partial charge in [-0.3, -0.25) is 10.1 Å². The lowest BCUT2D eigenvalue weighted by Gasteiger charge is -2.13. The maximum absolute atomic E-state index is 12.3. The molecule has 0 aliphatic heterocycles. The van der Waals surface area contributed by atoms with Gasteiger partial charge in [0.25, 0.3) is 0 Å². The van der Waals surface area contributed by atoms with Crippen LogP contribution >= 0.6 is 11.3 Å². The van der Waals surface area contributed by atoms with E-state index in [1.165, 1.54) is 17.4 Å². The molecule has 0 aliphatic rings. The highest BCUT2D eigenvalue weighted by Gasteiger charge is 2.11. The normalized spacial score (nSPS) is 11.0. The number of carbonyl (C=O) groups excluding carboxylic acids is 1. The van der Waals surface area contributed by atoms with E-state index < -0.39 is 0 Å². The van der Waals surface area contributed by atoms with E-state index in [0.717, 1.165) is 22.6 Å². The zero-order valence-corrected chi connectivity index (χ0v) is 18.2. The van der Waals surface area contributed by atoms with Gasteiger partial charge in [0, 0.05) is 17.0 Å². The van der Waals surface area contributed by atoms with Gasteiger partial charge in [-0.05, 0) is 49.8 Å². The number of benzene rings is 2. The van der Waals surface area contributed by atoms with E-state index in [1.807, 2.05) is 61.7 Å². The van der Waals surface area contributed by atoms with Crippen LogP contribution in [0, 0.1) is 0 Å². The third-order valence-electron chi connectivity index (χ3n) is 4.09. The van der Waals surface area contributed by atoms with E-state index in [-0.39, 0.29) is 12.0 Å². The molecular weight excluding hydrogens is 400 g/mol. The molecule has 156 valence electrons. The molecule has 0 radical (unpaired) electrons. The van der Waals surface area contributed by atoms with Gasteiger partial charge < -0.3 is 14.2 Å². The van der Waals surface area contributed by atoms with Crippen LogP contribution in [-0.4, -0.2) is 31.2 Å². The number of rotatable bonds is 8. The van der Waals surface area contributed by atoms with Crippen LogP contribution in [0.2, 0.25) is 0 Å². The third-order valence-corrected chi connectivity index (χ3v) is 4.85. The lowest BCUT2D eigenvalue weighted by molar-refractivity contribution is -0.111. The van der Waals surface area contributed by atoms with Gasteiger partial charge >= 0.3 is 0 Å². The summed E-state index contributed by atoms with van der Waals surface area (Å²) in [6.07, 6.45) is 3.22. The van der Waals surface area contributed by atoms with Crippen molar-refractivity contribution in [2.45, 2.75) is 20.0 Å². The molecule has 0 bridgehead atoms. The van der Waals surface area contributed by atoms with Crippen LogP contribution in [0.15, 0.2) is 53.9 Å². The molecule has 3 rings (SSSR count). The molecule has 0 saturated carbocycles. The summed E-state index contributed by atoms with van der Waals surface area (Å²) < 4.78 is 16.5. The number of carbonyl (C=O) groups is 1. The molecule has 0 aliphatic carbocycles. The molecule has 0 spiro atoms. The van der Waals surface area contributed by atoms with Gasteiger partial charge in [-0.2, -0.15) is 0 Å². The van der Waals surface area contributed by atoms with Gasteiger partial charge in [0.2, 0.25) is 5.91 Å². The Bertz CT molecular complexity index is 1040. The van der Waals surface area contributed by atoms with Crippen molar-refractivity contribution < 1.29 is 19.0 Å². The summed E-state index contributed by atoms with van der Waals surface area (Å²) in [6, 6.07) is 13.2. The molecule has 0 fully saturated rings. The minimum atomic E-state index is -0.266. The lowest BCUT2D eigenvalue weighted by atomic mass is 10.1. The van der Waals surface area contributed by atoms with E-state index in [0.29, 0.717) is 16.6 Å². The summed E-state index contributed by atoms with van der Waals surface area (Å²) in [6.45, 7) is 3.91. The molecule has 1 N–H and O–H groups in total. The molecule has 30 heavy (non-hydrogen) atoms. The minimum absolute atomic E-state index is 0.0464. The van der Waals surface area contributed by atoms with Crippen LogP contribution in [-0.2, 0) is 4.79 Å². The average molecular weight is 425 g/mol. The van der Waals surface area contributed by atoms with Crippen molar-refractivity contribution in [1.29, 1.82) is 0 Å². The van der Waals surface area contributed by atoms with Crippen molar-refractivity contribution in [3.8, 4) is 28.5 Å². The van der Waals surface area contributed by atoms with Crippen molar-refractivity contribution in [2.24, 2.45) is 0 Å². The number of nitrogens with zero attached hydrogens (tertiary/aromatic N) is 1. The van der Waals surface area contributed by atoms with Gasteiger partial charge in [-0.25, -0.2) is 4.98 Å². The van der Waals surface area contributed by atoms with Crippen LogP contribution in [0.5, 0.6) is 17.2 Å². The summed E-state index contributed by atoms with van der Waals surface area (Å²) in [5.74, 6) is 1.75. The zero-order chi connectivity index (χ0) is 21.5. The van der Waals surface area contributed by atoms with E-state index >= 15 is 0 Å². The van der Waals surface area contributed by atoms with Crippen molar-refractivity contribution in [3.05, 3.63) is 59.5 Å². The Hall–Kier alpha value is -3.32. The zero-order valence-electron chi connectivity index (χ0n) is 17.3. The Morgan fingerprint density at radius 2 is 1.83 bits per heavy atom. The molecule has 3 aromatic rings. The topological polar surface area (TPSA) is 69.7 Å². The number of aromatic nitrogens is 1. The van der Waals surface area contributed by atoms with Crippen LogP contribution < -0.4 is 19.5 Å². The Labute approximate surface area is 180 Å². The fraction of sp³-hybridized carbons (Fsp3) is 0.217. The second-order valence-electron chi connectivity index (χ2n) is 6.64. The SMILES string of the molecule is COc1cc(/C=C/C(=O)Nc2nc(-c3ccccc3OC)cs2)ccc1OC(C)C. The highest BCUT2D eigenvalue weighted by atomic mass is 32.1. The summed E-state index contributed by atoms with van der Waals surface area (Å²) in [4.78, 5) is 16.8. The van der Waals surface area contributed by atoms with E-state index in [9.17, 15) is 4.79 Å². The maximum atomic E-state index is 12.3. The number of para-hydroxylation sites is 1. The van der Waals surface area contributed by atoms with E-state index in [2.05, 4.69) is 10.3 Å². The fourth-order valence-electron chi connectivity index (χ4n) is 2.77. The van der Waals surface area contributed by atoms with Crippen LogP contribution in [0.1, 0.15) is 19.4 Å². The fourth-order valence-corrected chi connectivity index (χ4v) is 3.48. The summed E-state index contributed by atoms with van der Waals surface area (Å²) in [5, 5.41) is 5.19. The molecule has 0 atom stereocenters. The molecule has 0 saturated heterocycles. The van der Waals surface area contributed by atoms with Gasteiger partial charge in [-0.1, -0.05) is 18.2 Å². The van der Waals surface area contributed by atoms with Crippen LogP contribution in [0.4, 0.5) is 5.13 Å². The second kappa shape index (κ2) is 9.93. The monoisotopic (exact) mass is 424 g/mol.